The number of rotatable bonds is 1. The highest BCUT2D eigenvalue weighted by molar-refractivity contribution is 9.10. The topological polar surface area (TPSA) is 55.0 Å². The van der Waals surface area contributed by atoms with E-state index >= 15 is 0 Å². The summed E-state index contributed by atoms with van der Waals surface area (Å²) in [6.07, 6.45) is 2.39. The first-order valence-corrected chi connectivity index (χ1v) is 7.20. The van der Waals surface area contributed by atoms with Gasteiger partial charge in [-0.1, -0.05) is 20.8 Å². The average molecular weight is 313 g/mol. The van der Waals surface area contributed by atoms with Crippen molar-refractivity contribution in [2.75, 3.05) is 23.7 Å². The third kappa shape index (κ3) is 3.13. The van der Waals surface area contributed by atoms with Crippen molar-refractivity contribution < 1.29 is 0 Å². The Kier molecular flexibility index (Phi) is 3.80. The molecule has 1 fully saturated rings. The normalized spacial score (nSPS) is 18.1. The molecule has 0 saturated carbocycles. The van der Waals surface area contributed by atoms with Crippen LogP contribution in [-0.4, -0.2) is 23.1 Å². The number of hydrogen-bond donors (Lipinski definition) is 1. The molecule has 0 aliphatic carbocycles. The van der Waals surface area contributed by atoms with Gasteiger partial charge < -0.3 is 10.6 Å². The zero-order valence-corrected chi connectivity index (χ0v) is 12.9. The number of aromatic nitrogens is 2. The summed E-state index contributed by atoms with van der Waals surface area (Å²) in [5.41, 5.74) is 6.15. The van der Waals surface area contributed by atoms with Gasteiger partial charge in [-0.25, -0.2) is 4.98 Å². The smallest absolute Gasteiger partial charge is 0.228 e. The summed E-state index contributed by atoms with van der Waals surface area (Å²) in [6.45, 7) is 8.98. The van der Waals surface area contributed by atoms with E-state index in [0.29, 0.717) is 11.2 Å². The second kappa shape index (κ2) is 5.03. The number of halogens is 1. The molecule has 5 heteroatoms. The lowest BCUT2D eigenvalue weighted by Gasteiger charge is -2.38. The Morgan fingerprint density at radius 1 is 1.28 bits per heavy atom. The lowest BCUT2D eigenvalue weighted by molar-refractivity contribution is 0.198. The fourth-order valence-electron chi connectivity index (χ4n) is 2.51. The number of anilines is 2. The van der Waals surface area contributed by atoms with Gasteiger partial charge in [0.2, 0.25) is 5.95 Å². The molecule has 18 heavy (non-hydrogen) atoms. The number of nitrogens with zero attached hydrogens (tertiary/aromatic N) is 3. The van der Waals surface area contributed by atoms with Gasteiger partial charge in [0.05, 0.1) is 0 Å². The molecule has 100 valence electrons. The van der Waals surface area contributed by atoms with E-state index in [9.17, 15) is 0 Å². The maximum atomic E-state index is 5.75. The van der Waals surface area contributed by atoms with Crippen LogP contribution in [0, 0.1) is 11.3 Å². The van der Waals surface area contributed by atoms with Crippen LogP contribution in [0.25, 0.3) is 0 Å². The highest BCUT2D eigenvalue weighted by Crippen LogP contribution is 2.35. The van der Waals surface area contributed by atoms with Crippen LogP contribution >= 0.6 is 15.9 Å². The number of nitrogen functional groups attached to an aromatic ring is 1. The molecule has 0 amide bonds. The van der Waals surface area contributed by atoms with Gasteiger partial charge in [0.1, 0.15) is 10.4 Å². The van der Waals surface area contributed by atoms with Gasteiger partial charge in [-0.2, -0.15) is 4.98 Å². The molecular formula is C13H21BrN4. The Labute approximate surface area is 117 Å². The van der Waals surface area contributed by atoms with Crippen molar-refractivity contribution in [3.05, 3.63) is 10.7 Å². The molecule has 1 aromatic rings. The Bertz CT molecular complexity index is 399. The van der Waals surface area contributed by atoms with E-state index in [0.717, 1.165) is 29.6 Å². The second-order valence-corrected chi connectivity index (χ2v) is 6.86. The maximum absolute atomic E-state index is 5.75. The van der Waals surface area contributed by atoms with Crippen molar-refractivity contribution in [2.45, 2.75) is 33.6 Å². The molecule has 1 aromatic heterocycles. The van der Waals surface area contributed by atoms with Crippen molar-refractivity contribution in [2.24, 2.45) is 11.3 Å². The summed E-state index contributed by atoms with van der Waals surface area (Å²) in [5.74, 6) is 2.04. The predicted molar refractivity (Wildman–Crippen MR) is 78.5 cm³/mol. The number of nitrogens with two attached hydrogens (primary N) is 1. The highest BCUT2D eigenvalue weighted by Gasteiger charge is 2.29. The SMILES string of the molecule is CC(C)(C)C1CCN(c2nc(N)cc(Br)n2)CC1. The number of piperidine rings is 1. The van der Waals surface area contributed by atoms with Crippen molar-refractivity contribution in [3.8, 4) is 0 Å². The van der Waals surface area contributed by atoms with Crippen LogP contribution in [0.3, 0.4) is 0 Å². The highest BCUT2D eigenvalue weighted by atomic mass is 79.9. The number of hydrogen-bond acceptors (Lipinski definition) is 4. The second-order valence-electron chi connectivity index (χ2n) is 6.04. The molecule has 0 unspecified atom stereocenters. The van der Waals surface area contributed by atoms with E-state index < -0.39 is 0 Å². The van der Waals surface area contributed by atoms with E-state index in [2.05, 4.69) is 51.6 Å². The molecule has 0 aromatic carbocycles. The van der Waals surface area contributed by atoms with Crippen LogP contribution in [0.2, 0.25) is 0 Å². The Balaban J connectivity index is 2.05. The van der Waals surface area contributed by atoms with E-state index in [1.807, 2.05) is 0 Å². The van der Waals surface area contributed by atoms with Crippen molar-refractivity contribution >= 4 is 27.7 Å². The monoisotopic (exact) mass is 312 g/mol. The Morgan fingerprint density at radius 3 is 2.39 bits per heavy atom. The molecule has 0 bridgehead atoms. The van der Waals surface area contributed by atoms with Crippen LogP contribution in [0.1, 0.15) is 33.6 Å². The van der Waals surface area contributed by atoms with Crippen molar-refractivity contribution in [3.63, 3.8) is 0 Å². The summed E-state index contributed by atoms with van der Waals surface area (Å²) in [7, 11) is 0. The molecule has 2 heterocycles. The first kappa shape index (κ1) is 13.6. The van der Waals surface area contributed by atoms with E-state index in [4.69, 9.17) is 5.73 Å². The molecule has 1 aliphatic rings. The molecule has 0 radical (unpaired) electrons. The summed E-state index contributed by atoms with van der Waals surface area (Å²) < 4.78 is 0.753. The van der Waals surface area contributed by atoms with Crippen LogP contribution in [0.15, 0.2) is 10.7 Å². The fourth-order valence-corrected chi connectivity index (χ4v) is 2.90. The van der Waals surface area contributed by atoms with Gasteiger partial charge in [0.25, 0.3) is 0 Å². The van der Waals surface area contributed by atoms with Crippen LogP contribution in [0.4, 0.5) is 11.8 Å². The zero-order chi connectivity index (χ0) is 13.3. The van der Waals surface area contributed by atoms with Gasteiger partial charge >= 0.3 is 0 Å². The van der Waals surface area contributed by atoms with Crippen molar-refractivity contribution in [1.29, 1.82) is 0 Å². The minimum Gasteiger partial charge on any atom is -0.383 e. The lowest BCUT2D eigenvalue weighted by atomic mass is 9.75. The molecule has 4 nitrogen and oxygen atoms in total. The molecule has 0 spiro atoms. The first-order valence-electron chi connectivity index (χ1n) is 6.41. The third-order valence-electron chi connectivity index (χ3n) is 3.71. The van der Waals surface area contributed by atoms with E-state index in [-0.39, 0.29) is 0 Å². The zero-order valence-electron chi connectivity index (χ0n) is 11.3. The van der Waals surface area contributed by atoms with Gasteiger partial charge in [-0.05, 0) is 40.1 Å². The Hall–Kier alpha value is -0.840. The van der Waals surface area contributed by atoms with Crippen LogP contribution < -0.4 is 10.6 Å². The summed E-state index contributed by atoms with van der Waals surface area (Å²) >= 11 is 3.37. The molecular weight excluding hydrogens is 292 g/mol. The molecule has 1 aliphatic heterocycles. The van der Waals surface area contributed by atoms with E-state index in [1.54, 1.807) is 6.07 Å². The van der Waals surface area contributed by atoms with Gasteiger partial charge in [0, 0.05) is 19.2 Å². The largest absolute Gasteiger partial charge is 0.383 e. The molecule has 2 rings (SSSR count). The first-order chi connectivity index (χ1) is 8.36. The molecule has 0 atom stereocenters. The predicted octanol–water partition coefficient (Wildman–Crippen LogP) is 3.08. The summed E-state index contributed by atoms with van der Waals surface area (Å²) in [4.78, 5) is 10.9. The molecule has 2 N–H and O–H groups in total. The minimum absolute atomic E-state index is 0.392. The Morgan fingerprint density at radius 2 is 1.89 bits per heavy atom. The fraction of sp³-hybridized carbons (Fsp3) is 0.692. The summed E-state index contributed by atoms with van der Waals surface area (Å²) in [6, 6.07) is 1.73. The maximum Gasteiger partial charge on any atom is 0.228 e. The van der Waals surface area contributed by atoms with Crippen LogP contribution in [0.5, 0.6) is 0 Å². The quantitative estimate of drug-likeness (QED) is 0.810. The minimum atomic E-state index is 0.392. The van der Waals surface area contributed by atoms with Gasteiger partial charge in [-0.15, -0.1) is 0 Å². The van der Waals surface area contributed by atoms with Crippen molar-refractivity contribution in [1.82, 2.24) is 9.97 Å². The van der Waals surface area contributed by atoms with Gasteiger partial charge in [0.15, 0.2) is 0 Å². The van der Waals surface area contributed by atoms with E-state index in [1.165, 1.54) is 12.8 Å². The molecule has 1 saturated heterocycles. The lowest BCUT2D eigenvalue weighted by Crippen LogP contribution is -2.38. The third-order valence-corrected chi connectivity index (χ3v) is 4.11. The van der Waals surface area contributed by atoms with Gasteiger partial charge in [-0.3, -0.25) is 0 Å². The summed E-state index contributed by atoms with van der Waals surface area (Å²) in [5, 5.41) is 0. The van der Waals surface area contributed by atoms with Crippen LogP contribution in [-0.2, 0) is 0 Å². The average Bonchev–Trinajstić information content (AvgIpc) is 2.27. The standard InChI is InChI=1S/C13H21BrN4/c1-13(2,3)9-4-6-18(7-5-9)12-16-10(14)8-11(15)17-12/h8-9H,4-7H2,1-3H3,(H2,15,16,17).